The maximum absolute atomic E-state index is 12.3. The monoisotopic (exact) mass is 373 g/mol. The van der Waals surface area contributed by atoms with Gasteiger partial charge in [0, 0.05) is 35.1 Å². The van der Waals surface area contributed by atoms with Crippen LogP contribution in [0.15, 0.2) is 30.9 Å². The Morgan fingerprint density at radius 2 is 2.07 bits per heavy atom. The number of aromatic nitrogens is 6. The topological polar surface area (TPSA) is 83.8 Å². The van der Waals surface area contributed by atoms with E-state index in [1.54, 1.807) is 10.7 Å². The first-order valence-electron chi connectivity index (χ1n) is 8.47. The van der Waals surface area contributed by atoms with Crippen LogP contribution in [0, 0.1) is 0 Å². The largest absolute Gasteiger partial charge is 0.405 e. The molecule has 5 rings (SSSR count). The van der Waals surface area contributed by atoms with Crippen molar-refractivity contribution >= 4 is 22.6 Å². The van der Waals surface area contributed by atoms with Gasteiger partial charge in [0.25, 0.3) is 0 Å². The summed E-state index contributed by atoms with van der Waals surface area (Å²) in [7, 11) is 0. The summed E-state index contributed by atoms with van der Waals surface area (Å²) in [6.45, 7) is -1.19. The Hall–Kier alpha value is -3.17. The molecule has 0 radical (unpaired) electrons. The van der Waals surface area contributed by atoms with Gasteiger partial charge < -0.3 is 10.3 Å². The van der Waals surface area contributed by atoms with E-state index in [0.29, 0.717) is 17.0 Å². The van der Waals surface area contributed by atoms with E-state index in [1.807, 2.05) is 18.5 Å². The van der Waals surface area contributed by atoms with Gasteiger partial charge in [-0.2, -0.15) is 23.3 Å². The number of alkyl halides is 3. The molecule has 1 aliphatic rings. The van der Waals surface area contributed by atoms with Crippen molar-refractivity contribution in [1.82, 2.24) is 29.5 Å². The Balaban J connectivity index is 1.51. The molecule has 0 unspecified atom stereocenters. The molecule has 138 valence electrons. The predicted molar refractivity (Wildman–Crippen MR) is 92.4 cm³/mol. The highest BCUT2D eigenvalue weighted by Crippen LogP contribution is 2.41. The molecule has 0 spiro atoms. The number of halogens is 3. The van der Waals surface area contributed by atoms with Crippen LogP contribution < -0.4 is 5.32 Å². The smallest absolute Gasteiger partial charge is 0.345 e. The van der Waals surface area contributed by atoms with Crippen LogP contribution in [-0.4, -0.2) is 42.3 Å². The number of fused-ring (bicyclic) bond motifs is 2. The van der Waals surface area contributed by atoms with E-state index in [-0.39, 0.29) is 5.95 Å². The summed E-state index contributed by atoms with van der Waals surface area (Å²) in [5.41, 5.74) is 3.94. The van der Waals surface area contributed by atoms with Crippen molar-refractivity contribution in [2.75, 3.05) is 11.9 Å². The van der Waals surface area contributed by atoms with Crippen LogP contribution in [0.5, 0.6) is 0 Å². The molecular formula is C17H14F3N7. The lowest BCUT2D eigenvalue weighted by Crippen LogP contribution is -2.22. The minimum absolute atomic E-state index is 0.0801. The highest BCUT2D eigenvalue weighted by molar-refractivity contribution is 5.92. The molecule has 4 aromatic rings. The number of hydrogen-bond donors (Lipinski definition) is 2. The Bertz CT molecular complexity index is 1140. The minimum Gasteiger partial charge on any atom is -0.345 e. The van der Waals surface area contributed by atoms with Crippen molar-refractivity contribution in [3.05, 3.63) is 36.4 Å². The molecule has 0 aromatic carbocycles. The molecule has 1 saturated carbocycles. The lowest BCUT2D eigenvalue weighted by molar-refractivity contribution is -0.115. The van der Waals surface area contributed by atoms with Crippen molar-refractivity contribution in [3.63, 3.8) is 0 Å². The summed E-state index contributed by atoms with van der Waals surface area (Å²) in [6, 6.07) is 1.84. The molecule has 1 aliphatic carbocycles. The highest BCUT2D eigenvalue weighted by Gasteiger charge is 2.28. The Kier molecular flexibility index (Phi) is 3.36. The van der Waals surface area contributed by atoms with Crippen LogP contribution in [0.3, 0.4) is 0 Å². The average molecular weight is 373 g/mol. The maximum Gasteiger partial charge on any atom is 0.405 e. The van der Waals surface area contributed by atoms with Gasteiger partial charge in [-0.25, -0.2) is 14.5 Å². The zero-order chi connectivity index (χ0) is 18.6. The number of hydrogen-bond acceptors (Lipinski definition) is 5. The normalized spacial score (nSPS) is 14.9. The quantitative estimate of drug-likeness (QED) is 0.572. The Morgan fingerprint density at radius 3 is 2.85 bits per heavy atom. The van der Waals surface area contributed by atoms with Crippen LogP contribution >= 0.6 is 0 Å². The molecule has 1 fully saturated rings. The first-order chi connectivity index (χ1) is 13.0. The fourth-order valence-corrected chi connectivity index (χ4v) is 3.10. The molecule has 0 aliphatic heterocycles. The fraction of sp³-hybridized carbons (Fsp3) is 0.294. The van der Waals surface area contributed by atoms with Crippen molar-refractivity contribution in [1.29, 1.82) is 0 Å². The van der Waals surface area contributed by atoms with Gasteiger partial charge in [-0.05, 0) is 24.8 Å². The third kappa shape index (κ3) is 2.96. The van der Waals surface area contributed by atoms with E-state index in [0.717, 1.165) is 35.3 Å². The molecule has 4 heterocycles. The first kappa shape index (κ1) is 16.0. The van der Waals surface area contributed by atoms with Crippen molar-refractivity contribution < 1.29 is 13.2 Å². The summed E-state index contributed by atoms with van der Waals surface area (Å²) in [5, 5.41) is 7.21. The van der Waals surface area contributed by atoms with Crippen molar-refractivity contribution in [2.24, 2.45) is 0 Å². The van der Waals surface area contributed by atoms with E-state index in [2.05, 4.69) is 25.4 Å². The minimum atomic E-state index is -4.33. The van der Waals surface area contributed by atoms with Gasteiger partial charge in [-0.15, -0.1) is 0 Å². The summed E-state index contributed by atoms with van der Waals surface area (Å²) in [5.74, 6) is 0.447. The first-order valence-corrected chi connectivity index (χ1v) is 8.47. The van der Waals surface area contributed by atoms with E-state index in [9.17, 15) is 13.2 Å². The van der Waals surface area contributed by atoms with E-state index >= 15 is 0 Å². The lowest BCUT2D eigenvalue weighted by Gasteiger charge is -2.07. The number of nitrogens with one attached hydrogen (secondary N) is 2. The molecule has 4 aromatic heterocycles. The third-order valence-corrected chi connectivity index (χ3v) is 4.57. The second kappa shape index (κ2) is 5.66. The molecule has 0 saturated heterocycles. The molecule has 2 N–H and O–H groups in total. The second-order valence-corrected chi connectivity index (χ2v) is 6.58. The summed E-state index contributed by atoms with van der Waals surface area (Å²) < 4.78 is 38.8. The molecule has 7 nitrogen and oxygen atoms in total. The van der Waals surface area contributed by atoms with Gasteiger partial charge in [0.2, 0.25) is 5.95 Å². The van der Waals surface area contributed by atoms with E-state index in [1.165, 1.54) is 6.20 Å². The molecule has 27 heavy (non-hydrogen) atoms. The molecule has 0 bridgehead atoms. The van der Waals surface area contributed by atoms with Crippen molar-refractivity contribution in [2.45, 2.75) is 24.9 Å². The van der Waals surface area contributed by atoms with Crippen molar-refractivity contribution in [3.8, 4) is 11.3 Å². The van der Waals surface area contributed by atoms with Gasteiger partial charge >= 0.3 is 6.18 Å². The molecule has 10 heteroatoms. The van der Waals surface area contributed by atoms with Gasteiger partial charge in [0.15, 0.2) is 5.65 Å². The number of H-pyrrole nitrogens is 1. The van der Waals surface area contributed by atoms with Crippen LogP contribution in [0.4, 0.5) is 19.1 Å². The summed E-state index contributed by atoms with van der Waals surface area (Å²) in [6.07, 6.45) is 4.92. The van der Waals surface area contributed by atoms with E-state index in [4.69, 9.17) is 4.98 Å². The average Bonchev–Trinajstić information content (AvgIpc) is 3.26. The van der Waals surface area contributed by atoms with Gasteiger partial charge in [0.1, 0.15) is 12.2 Å². The summed E-state index contributed by atoms with van der Waals surface area (Å²) in [4.78, 5) is 15.8. The maximum atomic E-state index is 12.3. The van der Waals surface area contributed by atoms with Gasteiger partial charge in [0.05, 0.1) is 11.9 Å². The zero-order valence-corrected chi connectivity index (χ0v) is 14.0. The third-order valence-electron chi connectivity index (χ3n) is 4.57. The summed E-state index contributed by atoms with van der Waals surface area (Å²) >= 11 is 0. The molecule has 0 atom stereocenters. The Morgan fingerprint density at radius 1 is 1.22 bits per heavy atom. The van der Waals surface area contributed by atoms with Crippen LogP contribution in [-0.2, 0) is 0 Å². The molecular weight excluding hydrogens is 359 g/mol. The van der Waals surface area contributed by atoms with Gasteiger partial charge in [-0.1, -0.05) is 0 Å². The Labute approximate surface area is 150 Å². The van der Waals surface area contributed by atoms with Gasteiger partial charge in [-0.3, -0.25) is 0 Å². The van der Waals surface area contributed by atoms with E-state index < -0.39 is 12.7 Å². The fourth-order valence-electron chi connectivity index (χ4n) is 3.10. The zero-order valence-electron chi connectivity index (χ0n) is 14.0. The van der Waals surface area contributed by atoms with Crippen LogP contribution in [0.2, 0.25) is 0 Å². The number of aromatic amines is 1. The highest BCUT2D eigenvalue weighted by atomic mass is 19.4. The van der Waals surface area contributed by atoms with Crippen LogP contribution in [0.25, 0.3) is 27.9 Å². The molecule has 0 amide bonds. The number of rotatable bonds is 4. The number of nitrogens with zero attached hydrogens (tertiary/aromatic N) is 5. The predicted octanol–water partition coefficient (Wildman–Crippen LogP) is 3.52. The number of anilines is 1. The second-order valence-electron chi connectivity index (χ2n) is 6.58. The van der Waals surface area contributed by atoms with Crippen LogP contribution in [0.1, 0.15) is 24.3 Å². The lowest BCUT2D eigenvalue weighted by atomic mass is 10.1. The standard InChI is InChI=1S/C17H14F3N7/c18-17(19,20)8-23-16-22-6-12-11(5-21-14(12)26-16)13-3-4-27-15(25-13)10(7-24-27)9-1-2-9/h3-7,9H,1-2,8H2,(H2,21,22,23,26). The SMILES string of the molecule is FC(F)(F)CNc1ncc2c(-c3ccn4ncc(C5CC5)c4n3)c[nH]c2n1.